The smallest absolute Gasteiger partial charge is 0.143 e. The van der Waals surface area contributed by atoms with E-state index in [4.69, 9.17) is 4.74 Å². The highest BCUT2D eigenvalue weighted by molar-refractivity contribution is 5.89. The number of likely N-dealkylation sites (tertiary alicyclic amines) is 1. The number of ether oxygens (including phenoxy) is 1. The average molecular weight is 371 g/mol. The van der Waals surface area contributed by atoms with Gasteiger partial charge in [0.2, 0.25) is 0 Å². The molecule has 0 atom stereocenters. The predicted molar refractivity (Wildman–Crippen MR) is 116 cm³/mol. The summed E-state index contributed by atoms with van der Waals surface area (Å²) >= 11 is 0. The zero-order valence-electron chi connectivity index (χ0n) is 17.7. The van der Waals surface area contributed by atoms with Gasteiger partial charge in [0, 0.05) is 24.7 Å². The second kappa shape index (κ2) is 10.2. The lowest BCUT2D eigenvalue weighted by Crippen LogP contribution is -2.32. The number of aromatic nitrogens is 1. The summed E-state index contributed by atoms with van der Waals surface area (Å²) < 4.78 is 8.16. The number of benzene rings is 1. The summed E-state index contributed by atoms with van der Waals surface area (Å²) in [6.45, 7) is 9.29. The first kappa shape index (κ1) is 20.3. The molecule has 27 heavy (non-hydrogen) atoms. The molecule has 1 aliphatic rings. The van der Waals surface area contributed by atoms with Crippen molar-refractivity contribution < 1.29 is 4.74 Å². The van der Waals surface area contributed by atoms with E-state index in [9.17, 15) is 0 Å². The van der Waals surface area contributed by atoms with Crippen molar-refractivity contribution in [1.29, 1.82) is 0 Å². The van der Waals surface area contributed by atoms with E-state index in [1.165, 1.54) is 80.9 Å². The monoisotopic (exact) mass is 370 g/mol. The van der Waals surface area contributed by atoms with Gasteiger partial charge in [-0.1, -0.05) is 58.1 Å². The third-order valence-corrected chi connectivity index (χ3v) is 6.19. The fourth-order valence-electron chi connectivity index (χ4n) is 4.39. The van der Waals surface area contributed by atoms with Crippen molar-refractivity contribution in [2.24, 2.45) is 5.92 Å². The van der Waals surface area contributed by atoms with Gasteiger partial charge in [-0.3, -0.25) is 4.90 Å². The van der Waals surface area contributed by atoms with E-state index in [1.54, 1.807) is 7.11 Å². The highest BCUT2D eigenvalue weighted by atomic mass is 16.5. The molecular weight excluding hydrogens is 332 g/mol. The predicted octanol–water partition coefficient (Wildman–Crippen LogP) is 6.24. The maximum Gasteiger partial charge on any atom is 0.143 e. The molecule has 1 aromatic carbocycles. The van der Waals surface area contributed by atoms with Gasteiger partial charge in [-0.05, 0) is 49.9 Å². The number of hydrogen-bond donors (Lipinski definition) is 0. The summed E-state index contributed by atoms with van der Waals surface area (Å²) in [5.41, 5.74) is 2.75. The third kappa shape index (κ3) is 5.28. The van der Waals surface area contributed by atoms with E-state index < -0.39 is 0 Å². The van der Waals surface area contributed by atoms with Gasteiger partial charge in [-0.15, -0.1) is 0 Å². The maximum absolute atomic E-state index is 5.71. The molecule has 1 aromatic heterocycles. The molecule has 3 rings (SSSR count). The Bertz CT molecular complexity index is 698. The maximum atomic E-state index is 5.71. The van der Waals surface area contributed by atoms with E-state index >= 15 is 0 Å². The number of aryl methyl sites for hydroxylation is 1. The lowest BCUT2D eigenvalue weighted by atomic mass is 9.99. The minimum Gasteiger partial charge on any atom is -0.495 e. The van der Waals surface area contributed by atoms with Crippen LogP contribution in [0.4, 0.5) is 0 Å². The number of piperidine rings is 1. The molecule has 2 heterocycles. The summed E-state index contributed by atoms with van der Waals surface area (Å²) in [5, 5.41) is 1.37. The Morgan fingerprint density at radius 3 is 2.52 bits per heavy atom. The minimum atomic E-state index is 0.885. The van der Waals surface area contributed by atoms with E-state index in [2.05, 4.69) is 47.7 Å². The molecule has 0 N–H and O–H groups in total. The molecule has 1 fully saturated rings. The second-order valence-corrected chi connectivity index (χ2v) is 8.43. The number of para-hydroxylation sites is 1. The molecule has 0 bridgehead atoms. The standard InChI is InChI=1S/C24H38N2O/c1-4-5-6-7-8-9-15-26-19-21(18-25-16-13-20(2)14-17-25)22-11-10-12-23(27-3)24(22)26/h10-12,19-20H,4-9,13-18H2,1-3H3. The van der Waals surface area contributed by atoms with Crippen LogP contribution < -0.4 is 4.74 Å². The molecular formula is C24H38N2O. The van der Waals surface area contributed by atoms with Crippen molar-refractivity contribution in [2.45, 2.75) is 78.3 Å². The molecule has 0 radical (unpaired) electrons. The van der Waals surface area contributed by atoms with Crippen LogP contribution in [0.25, 0.3) is 10.9 Å². The SMILES string of the molecule is CCCCCCCCn1cc(CN2CCC(C)CC2)c2cccc(OC)c21. The summed E-state index contributed by atoms with van der Waals surface area (Å²) in [6.07, 6.45) is 13.1. The normalized spacial score (nSPS) is 16.3. The van der Waals surface area contributed by atoms with Gasteiger partial charge in [-0.2, -0.15) is 0 Å². The largest absolute Gasteiger partial charge is 0.495 e. The molecule has 1 aliphatic heterocycles. The molecule has 2 aromatic rings. The zero-order chi connectivity index (χ0) is 19.1. The number of methoxy groups -OCH3 is 1. The highest BCUT2D eigenvalue weighted by Gasteiger charge is 2.19. The molecule has 0 saturated carbocycles. The molecule has 0 aliphatic carbocycles. The molecule has 0 amide bonds. The highest BCUT2D eigenvalue weighted by Crippen LogP contribution is 2.31. The van der Waals surface area contributed by atoms with Crippen molar-refractivity contribution in [3.8, 4) is 5.75 Å². The number of nitrogens with zero attached hydrogens (tertiary/aromatic N) is 2. The van der Waals surface area contributed by atoms with Crippen LogP contribution in [-0.2, 0) is 13.1 Å². The van der Waals surface area contributed by atoms with Crippen LogP contribution in [0.15, 0.2) is 24.4 Å². The summed E-state index contributed by atoms with van der Waals surface area (Å²) in [7, 11) is 1.79. The Morgan fingerprint density at radius 1 is 1.04 bits per heavy atom. The van der Waals surface area contributed by atoms with Crippen molar-refractivity contribution >= 4 is 10.9 Å². The van der Waals surface area contributed by atoms with Gasteiger partial charge in [-0.25, -0.2) is 0 Å². The topological polar surface area (TPSA) is 17.4 Å². The Labute approximate surface area is 165 Å². The van der Waals surface area contributed by atoms with Crippen molar-refractivity contribution in [3.63, 3.8) is 0 Å². The number of unbranched alkanes of at least 4 members (excludes halogenated alkanes) is 5. The van der Waals surface area contributed by atoms with Gasteiger partial charge in [0.1, 0.15) is 5.75 Å². The van der Waals surface area contributed by atoms with Gasteiger partial charge in [0.05, 0.1) is 12.6 Å². The summed E-state index contributed by atoms with van der Waals surface area (Å²) in [5.74, 6) is 1.90. The van der Waals surface area contributed by atoms with E-state index in [0.717, 1.165) is 24.8 Å². The number of hydrogen-bond acceptors (Lipinski definition) is 2. The Kier molecular flexibility index (Phi) is 7.63. The van der Waals surface area contributed by atoms with Gasteiger partial charge >= 0.3 is 0 Å². The number of fused-ring (bicyclic) bond motifs is 1. The lowest BCUT2D eigenvalue weighted by molar-refractivity contribution is 0.186. The van der Waals surface area contributed by atoms with Gasteiger partial charge < -0.3 is 9.30 Å². The first-order valence-corrected chi connectivity index (χ1v) is 11.1. The van der Waals surface area contributed by atoms with Gasteiger partial charge in [0.15, 0.2) is 0 Å². The quantitative estimate of drug-likeness (QED) is 0.460. The van der Waals surface area contributed by atoms with Crippen LogP contribution in [0.3, 0.4) is 0 Å². The molecule has 0 unspecified atom stereocenters. The van der Waals surface area contributed by atoms with Crippen molar-refractivity contribution in [2.75, 3.05) is 20.2 Å². The summed E-state index contributed by atoms with van der Waals surface area (Å²) in [4.78, 5) is 2.63. The third-order valence-electron chi connectivity index (χ3n) is 6.19. The van der Waals surface area contributed by atoms with Crippen LogP contribution in [-0.4, -0.2) is 29.7 Å². The molecule has 0 spiro atoms. The first-order valence-electron chi connectivity index (χ1n) is 11.1. The van der Waals surface area contributed by atoms with Crippen LogP contribution in [0.1, 0.15) is 70.8 Å². The van der Waals surface area contributed by atoms with E-state index in [0.29, 0.717) is 0 Å². The average Bonchev–Trinajstić information content (AvgIpc) is 3.04. The Morgan fingerprint density at radius 2 is 1.78 bits per heavy atom. The minimum absolute atomic E-state index is 0.885. The van der Waals surface area contributed by atoms with Crippen LogP contribution in [0.2, 0.25) is 0 Å². The van der Waals surface area contributed by atoms with Crippen LogP contribution in [0.5, 0.6) is 5.75 Å². The Hall–Kier alpha value is -1.48. The Balaban J connectivity index is 1.72. The molecule has 150 valence electrons. The van der Waals surface area contributed by atoms with Crippen molar-refractivity contribution in [1.82, 2.24) is 9.47 Å². The lowest BCUT2D eigenvalue weighted by Gasteiger charge is -2.29. The fourth-order valence-corrected chi connectivity index (χ4v) is 4.39. The van der Waals surface area contributed by atoms with E-state index in [-0.39, 0.29) is 0 Å². The molecule has 3 nitrogen and oxygen atoms in total. The van der Waals surface area contributed by atoms with Crippen LogP contribution in [0, 0.1) is 5.92 Å². The fraction of sp³-hybridized carbons (Fsp3) is 0.667. The molecule has 3 heteroatoms. The van der Waals surface area contributed by atoms with Crippen molar-refractivity contribution in [3.05, 3.63) is 30.0 Å². The first-order chi connectivity index (χ1) is 13.2. The van der Waals surface area contributed by atoms with Gasteiger partial charge in [0.25, 0.3) is 0 Å². The summed E-state index contributed by atoms with van der Waals surface area (Å²) in [6, 6.07) is 6.52. The number of rotatable bonds is 10. The van der Waals surface area contributed by atoms with E-state index in [1.807, 2.05) is 0 Å². The van der Waals surface area contributed by atoms with Crippen LogP contribution >= 0.6 is 0 Å². The second-order valence-electron chi connectivity index (χ2n) is 8.43. The molecule has 1 saturated heterocycles. The zero-order valence-corrected chi connectivity index (χ0v) is 17.7.